The van der Waals surface area contributed by atoms with E-state index in [1.807, 2.05) is 6.07 Å². The summed E-state index contributed by atoms with van der Waals surface area (Å²) >= 11 is 0. The molecule has 4 nitrogen and oxygen atoms in total. The van der Waals surface area contributed by atoms with Gasteiger partial charge in [-0.1, -0.05) is 19.9 Å². The molecule has 0 radical (unpaired) electrons. The lowest BCUT2D eigenvalue weighted by molar-refractivity contribution is 0.0996. The minimum atomic E-state index is -0.388. The number of hydrogen-bond acceptors (Lipinski definition) is 2. The highest BCUT2D eigenvalue weighted by atomic mass is 16.1. The highest BCUT2D eigenvalue weighted by molar-refractivity contribution is 5.98. The van der Waals surface area contributed by atoms with Gasteiger partial charge in [-0.3, -0.25) is 4.79 Å². The lowest BCUT2D eigenvalue weighted by Gasteiger charge is -2.35. The molecular formula is C19H27N3O. The van der Waals surface area contributed by atoms with Crippen molar-refractivity contribution in [2.75, 3.05) is 13.1 Å². The fraction of sp³-hybridized carbons (Fsp3) is 0.526. The van der Waals surface area contributed by atoms with Crippen LogP contribution in [0.1, 0.15) is 54.7 Å². The van der Waals surface area contributed by atoms with Gasteiger partial charge in [0, 0.05) is 16.9 Å². The molecule has 0 spiro atoms. The van der Waals surface area contributed by atoms with Gasteiger partial charge in [0.05, 0.1) is 0 Å². The van der Waals surface area contributed by atoms with Crippen LogP contribution in [0, 0.1) is 0 Å². The van der Waals surface area contributed by atoms with Gasteiger partial charge in [-0.2, -0.15) is 0 Å². The fourth-order valence-corrected chi connectivity index (χ4v) is 3.94. The molecule has 1 aromatic carbocycles. The van der Waals surface area contributed by atoms with E-state index in [1.54, 1.807) is 0 Å². The molecule has 1 aliphatic rings. The van der Waals surface area contributed by atoms with Crippen molar-refractivity contribution in [1.82, 2.24) is 9.88 Å². The van der Waals surface area contributed by atoms with Crippen molar-refractivity contribution in [3.63, 3.8) is 0 Å². The SMILES string of the molecule is CCCN(CCC)[C@@H]1CCc2ccc3[nH]c(C(N)=O)cc3c2C1. The number of nitrogens with one attached hydrogen (secondary N) is 1. The molecule has 0 unspecified atom stereocenters. The first-order valence-electron chi connectivity index (χ1n) is 8.81. The van der Waals surface area contributed by atoms with Crippen LogP contribution in [-0.4, -0.2) is 34.9 Å². The number of H-pyrrole nitrogens is 1. The Bertz CT molecular complexity index is 698. The smallest absolute Gasteiger partial charge is 0.265 e. The van der Waals surface area contributed by atoms with E-state index in [-0.39, 0.29) is 5.91 Å². The number of hydrogen-bond donors (Lipinski definition) is 2. The normalized spacial score (nSPS) is 17.6. The van der Waals surface area contributed by atoms with Gasteiger partial charge in [-0.05, 0) is 68.5 Å². The maximum atomic E-state index is 11.5. The molecule has 3 rings (SSSR count). The zero-order valence-electron chi connectivity index (χ0n) is 14.2. The van der Waals surface area contributed by atoms with Crippen LogP contribution < -0.4 is 5.73 Å². The van der Waals surface area contributed by atoms with Crippen LogP contribution >= 0.6 is 0 Å². The Balaban J connectivity index is 1.94. The summed E-state index contributed by atoms with van der Waals surface area (Å²) in [5, 5.41) is 1.17. The predicted octanol–water partition coefficient (Wildman–Crippen LogP) is 3.25. The quantitative estimate of drug-likeness (QED) is 0.860. The van der Waals surface area contributed by atoms with Gasteiger partial charge in [0.25, 0.3) is 5.91 Å². The number of carbonyl (C=O) groups excluding carboxylic acids is 1. The summed E-state index contributed by atoms with van der Waals surface area (Å²) in [6.45, 7) is 6.85. The second-order valence-electron chi connectivity index (χ2n) is 6.64. The first kappa shape index (κ1) is 16.1. The summed E-state index contributed by atoms with van der Waals surface area (Å²) in [7, 11) is 0. The molecule has 1 atom stereocenters. The van der Waals surface area contributed by atoms with E-state index in [1.165, 1.54) is 48.9 Å². The number of primary amides is 1. The molecule has 1 aromatic heterocycles. The maximum Gasteiger partial charge on any atom is 0.265 e. The minimum Gasteiger partial charge on any atom is -0.364 e. The Morgan fingerprint density at radius 1 is 1.30 bits per heavy atom. The van der Waals surface area contributed by atoms with E-state index in [4.69, 9.17) is 5.73 Å². The number of aryl methyl sites for hydroxylation is 1. The topological polar surface area (TPSA) is 62.1 Å². The highest BCUT2D eigenvalue weighted by Crippen LogP contribution is 2.31. The summed E-state index contributed by atoms with van der Waals surface area (Å²) in [6.07, 6.45) is 5.82. The Hall–Kier alpha value is -1.81. The molecule has 1 aliphatic carbocycles. The average Bonchev–Trinajstić information content (AvgIpc) is 2.99. The zero-order chi connectivity index (χ0) is 16.4. The van der Waals surface area contributed by atoms with E-state index in [9.17, 15) is 4.79 Å². The van der Waals surface area contributed by atoms with Gasteiger partial charge >= 0.3 is 0 Å². The highest BCUT2D eigenvalue weighted by Gasteiger charge is 2.25. The maximum absolute atomic E-state index is 11.5. The second-order valence-corrected chi connectivity index (χ2v) is 6.64. The van der Waals surface area contributed by atoms with E-state index in [0.717, 1.165) is 18.4 Å². The number of fused-ring (bicyclic) bond motifs is 3. The predicted molar refractivity (Wildman–Crippen MR) is 94.8 cm³/mol. The largest absolute Gasteiger partial charge is 0.364 e. The molecule has 0 bridgehead atoms. The van der Waals surface area contributed by atoms with Crippen molar-refractivity contribution >= 4 is 16.8 Å². The summed E-state index contributed by atoms with van der Waals surface area (Å²) in [4.78, 5) is 17.3. The lowest BCUT2D eigenvalue weighted by atomic mass is 9.85. The van der Waals surface area contributed by atoms with Gasteiger partial charge < -0.3 is 15.6 Å². The van der Waals surface area contributed by atoms with E-state index in [0.29, 0.717) is 11.7 Å². The number of amides is 1. The van der Waals surface area contributed by atoms with Crippen LogP contribution in [0.2, 0.25) is 0 Å². The summed E-state index contributed by atoms with van der Waals surface area (Å²) in [5.41, 5.74) is 9.79. The first-order chi connectivity index (χ1) is 11.1. The molecular weight excluding hydrogens is 286 g/mol. The Morgan fingerprint density at radius 3 is 2.70 bits per heavy atom. The number of carbonyl (C=O) groups is 1. The Labute approximate surface area is 138 Å². The zero-order valence-corrected chi connectivity index (χ0v) is 14.2. The number of rotatable bonds is 6. The summed E-state index contributed by atoms with van der Waals surface area (Å²) in [6, 6.07) is 6.83. The van der Waals surface area contributed by atoms with Crippen LogP contribution in [0.4, 0.5) is 0 Å². The summed E-state index contributed by atoms with van der Waals surface area (Å²) < 4.78 is 0. The Kier molecular flexibility index (Phi) is 4.71. The molecule has 1 amide bonds. The second kappa shape index (κ2) is 6.75. The number of nitrogens with zero attached hydrogens (tertiary/aromatic N) is 1. The van der Waals surface area contributed by atoms with Crippen molar-refractivity contribution in [1.29, 1.82) is 0 Å². The van der Waals surface area contributed by atoms with Gasteiger partial charge in [-0.25, -0.2) is 0 Å². The molecule has 4 heteroatoms. The lowest BCUT2D eigenvalue weighted by Crippen LogP contribution is -2.40. The third-order valence-corrected chi connectivity index (χ3v) is 5.00. The summed E-state index contributed by atoms with van der Waals surface area (Å²) in [5.74, 6) is -0.388. The van der Waals surface area contributed by atoms with Crippen LogP contribution in [0.15, 0.2) is 18.2 Å². The van der Waals surface area contributed by atoms with Gasteiger partial charge in [0.15, 0.2) is 0 Å². The first-order valence-corrected chi connectivity index (χ1v) is 8.81. The van der Waals surface area contributed by atoms with Gasteiger partial charge in [-0.15, -0.1) is 0 Å². The van der Waals surface area contributed by atoms with Crippen molar-refractivity contribution in [3.8, 4) is 0 Å². The van der Waals surface area contributed by atoms with Gasteiger partial charge in [0.1, 0.15) is 5.69 Å². The number of aromatic nitrogens is 1. The molecule has 3 N–H and O–H groups in total. The third kappa shape index (κ3) is 3.13. The molecule has 0 aliphatic heterocycles. The number of nitrogens with two attached hydrogens (primary N) is 1. The standard InChI is InChI=1S/C19H27N3O/c1-3-9-22(10-4-2)14-7-5-13-6-8-17-16(15(13)11-14)12-18(21-17)19(20)23/h6,8,12,14,21H,3-5,7,9-11H2,1-2H3,(H2,20,23)/t14-/m1/s1. The minimum absolute atomic E-state index is 0.388. The number of aromatic amines is 1. The van der Waals surface area contributed by atoms with Crippen molar-refractivity contribution in [2.45, 2.75) is 52.0 Å². The van der Waals surface area contributed by atoms with Crippen LogP contribution in [-0.2, 0) is 12.8 Å². The van der Waals surface area contributed by atoms with E-state index >= 15 is 0 Å². The molecule has 1 heterocycles. The molecule has 124 valence electrons. The molecule has 0 saturated carbocycles. The third-order valence-electron chi connectivity index (χ3n) is 5.00. The van der Waals surface area contributed by atoms with Crippen LogP contribution in [0.3, 0.4) is 0 Å². The van der Waals surface area contributed by atoms with Crippen LogP contribution in [0.25, 0.3) is 10.9 Å². The monoisotopic (exact) mass is 313 g/mol. The van der Waals surface area contributed by atoms with Crippen molar-refractivity contribution in [2.24, 2.45) is 5.73 Å². The molecule has 0 saturated heterocycles. The average molecular weight is 313 g/mol. The molecule has 2 aromatic rings. The van der Waals surface area contributed by atoms with Crippen molar-refractivity contribution < 1.29 is 4.79 Å². The molecule has 0 fully saturated rings. The van der Waals surface area contributed by atoms with Crippen molar-refractivity contribution in [3.05, 3.63) is 35.0 Å². The Morgan fingerprint density at radius 2 is 2.04 bits per heavy atom. The van der Waals surface area contributed by atoms with E-state index < -0.39 is 0 Å². The van der Waals surface area contributed by atoms with Gasteiger partial charge in [0.2, 0.25) is 0 Å². The van der Waals surface area contributed by atoms with E-state index in [2.05, 4.69) is 35.9 Å². The van der Waals surface area contributed by atoms with Crippen LogP contribution in [0.5, 0.6) is 0 Å². The fourth-order valence-electron chi connectivity index (χ4n) is 3.94. The molecule has 23 heavy (non-hydrogen) atoms. The number of benzene rings is 1.